The fourth-order valence-corrected chi connectivity index (χ4v) is 2.05. The number of ether oxygens (including phenoxy) is 1. The van der Waals surface area contributed by atoms with Gasteiger partial charge in [-0.1, -0.05) is 18.2 Å². The third-order valence-corrected chi connectivity index (χ3v) is 3.24. The Bertz CT molecular complexity index is 614. The van der Waals surface area contributed by atoms with Crippen LogP contribution in [-0.2, 0) is 16.1 Å². The number of aromatic nitrogens is 1. The van der Waals surface area contributed by atoms with Gasteiger partial charge in [0, 0.05) is 31.0 Å². The van der Waals surface area contributed by atoms with Crippen molar-refractivity contribution in [3.8, 4) is 0 Å². The molecule has 1 aromatic heterocycles. The van der Waals surface area contributed by atoms with Crippen LogP contribution >= 0.6 is 0 Å². The normalized spacial score (nSPS) is 10.0. The van der Waals surface area contributed by atoms with Gasteiger partial charge in [0.2, 0.25) is 0 Å². The topological polar surface area (TPSA) is 59.5 Å². The van der Waals surface area contributed by atoms with Crippen LogP contribution in [0.3, 0.4) is 0 Å². The van der Waals surface area contributed by atoms with Crippen molar-refractivity contribution < 1.29 is 14.3 Å². The van der Waals surface area contributed by atoms with E-state index in [1.54, 1.807) is 29.4 Å². The SMILES string of the molecule is COC(=O)CCN(Cc1ccncc1)C(=O)c1ccccc1. The fourth-order valence-electron chi connectivity index (χ4n) is 2.05. The minimum Gasteiger partial charge on any atom is -0.469 e. The van der Waals surface area contributed by atoms with Gasteiger partial charge in [0.05, 0.1) is 13.5 Å². The number of hydrogen-bond acceptors (Lipinski definition) is 4. The molecule has 1 amide bonds. The highest BCUT2D eigenvalue weighted by Gasteiger charge is 2.17. The molecule has 0 aliphatic carbocycles. The van der Waals surface area contributed by atoms with Gasteiger partial charge < -0.3 is 9.64 Å². The molecule has 0 aliphatic rings. The molecule has 1 aromatic carbocycles. The van der Waals surface area contributed by atoms with Crippen LogP contribution in [0.5, 0.6) is 0 Å². The van der Waals surface area contributed by atoms with Gasteiger partial charge >= 0.3 is 5.97 Å². The molecule has 0 atom stereocenters. The zero-order chi connectivity index (χ0) is 15.8. The molecule has 114 valence electrons. The summed E-state index contributed by atoms with van der Waals surface area (Å²) < 4.78 is 4.65. The lowest BCUT2D eigenvalue weighted by Crippen LogP contribution is -2.32. The van der Waals surface area contributed by atoms with Crippen LogP contribution in [0.4, 0.5) is 0 Å². The summed E-state index contributed by atoms with van der Waals surface area (Å²) in [6, 6.07) is 12.7. The van der Waals surface area contributed by atoms with E-state index in [1.807, 2.05) is 30.3 Å². The van der Waals surface area contributed by atoms with Gasteiger partial charge in [0.15, 0.2) is 0 Å². The number of benzene rings is 1. The van der Waals surface area contributed by atoms with Gasteiger partial charge in [-0.05, 0) is 29.8 Å². The number of methoxy groups -OCH3 is 1. The second-order valence-electron chi connectivity index (χ2n) is 4.77. The van der Waals surface area contributed by atoms with Crippen molar-refractivity contribution in [1.29, 1.82) is 0 Å². The van der Waals surface area contributed by atoms with E-state index in [-0.39, 0.29) is 18.3 Å². The summed E-state index contributed by atoms with van der Waals surface area (Å²) in [5.74, 6) is -0.443. The largest absolute Gasteiger partial charge is 0.469 e. The second-order valence-corrected chi connectivity index (χ2v) is 4.77. The monoisotopic (exact) mass is 298 g/mol. The molecular formula is C17H18N2O3. The van der Waals surface area contributed by atoms with Gasteiger partial charge in [-0.3, -0.25) is 14.6 Å². The summed E-state index contributed by atoms with van der Waals surface area (Å²) in [5, 5.41) is 0. The van der Waals surface area contributed by atoms with E-state index < -0.39 is 0 Å². The highest BCUT2D eigenvalue weighted by atomic mass is 16.5. The first-order valence-corrected chi connectivity index (χ1v) is 7.00. The molecule has 0 unspecified atom stereocenters. The fraction of sp³-hybridized carbons (Fsp3) is 0.235. The van der Waals surface area contributed by atoms with Crippen molar-refractivity contribution in [2.24, 2.45) is 0 Å². The molecule has 22 heavy (non-hydrogen) atoms. The van der Waals surface area contributed by atoms with E-state index in [2.05, 4.69) is 9.72 Å². The highest BCUT2D eigenvalue weighted by Crippen LogP contribution is 2.10. The predicted molar refractivity (Wildman–Crippen MR) is 82.1 cm³/mol. The zero-order valence-corrected chi connectivity index (χ0v) is 12.4. The second kappa shape index (κ2) is 7.93. The lowest BCUT2D eigenvalue weighted by Gasteiger charge is -2.22. The Balaban J connectivity index is 2.13. The first-order chi connectivity index (χ1) is 10.7. The quantitative estimate of drug-likeness (QED) is 0.768. The highest BCUT2D eigenvalue weighted by molar-refractivity contribution is 5.94. The number of esters is 1. The summed E-state index contributed by atoms with van der Waals surface area (Å²) in [6.45, 7) is 0.732. The maximum Gasteiger partial charge on any atom is 0.307 e. The summed E-state index contributed by atoms with van der Waals surface area (Å²) in [7, 11) is 1.34. The van der Waals surface area contributed by atoms with Gasteiger partial charge in [0.1, 0.15) is 0 Å². The van der Waals surface area contributed by atoms with Crippen LogP contribution in [0.1, 0.15) is 22.3 Å². The first-order valence-electron chi connectivity index (χ1n) is 7.00. The zero-order valence-electron chi connectivity index (χ0n) is 12.4. The Kier molecular flexibility index (Phi) is 5.65. The van der Waals surface area contributed by atoms with Crippen LogP contribution < -0.4 is 0 Å². The summed E-state index contributed by atoms with van der Waals surface area (Å²) in [6.07, 6.45) is 3.53. The lowest BCUT2D eigenvalue weighted by atomic mass is 10.1. The van der Waals surface area contributed by atoms with Gasteiger partial charge in [-0.15, -0.1) is 0 Å². The number of rotatable bonds is 6. The Morgan fingerprint density at radius 1 is 1.09 bits per heavy atom. The third kappa shape index (κ3) is 4.41. The molecule has 0 radical (unpaired) electrons. The van der Waals surface area contributed by atoms with Gasteiger partial charge in [-0.25, -0.2) is 0 Å². The molecule has 0 saturated heterocycles. The molecular weight excluding hydrogens is 280 g/mol. The van der Waals surface area contributed by atoms with E-state index in [4.69, 9.17) is 0 Å². The van der Waals surface area contributed by atoms with Crippen molar-refractivity contribution in [1.82, 2.24) is 9.88 Å². The minimum absolute atomic E-state index is 0.110. The van der Waals surface area contributed by atoms with E-state index in [1.165, 1.54) is 7.11 Å². The molecule has 0 bridgehead atoms. The molecule has 0 spiro atoms. The smallest absolute Gasteiger partial charge is 0.307 e. The van der Waals surface area contributed by atoms with Crippen LogP contribution in [-0.4, -0.2) is 35.4 Å². The Morgan fingerprint density at radius 3 is 2.41 bits per heavy atom. The number of nitrogens with zero attached hydrogens (tertiary/aromatic N) is 2. The molecule has 0 fully saturated rings. The Labute approximate surface area is 129 Å². The molecule has 5 heteroatoms. The molecule has 0 saturated carbocycles. The van der Waals surface area contributed by atoms with E-state index in [0.717, 1.165) is 5.56 Å². The molecule has 0 N–H and O–H groups in total. The molecule has 2 rings (SSSR count). The lowest BCUT2D eigenvalue weighted by molar-refractivity contribution is -0.140. The van der Waals surface area contributed by atoms with E-state index in [9.17, 15) is 9.59 Å². The molecule has 0 aliphatic heterocycles. The van der Waals surface area contributed by atoms with Crippen molar-refractivity contribution >= 4 is 11.9 Å². The third-order valence-electron chi connectivity index (χ3n) is 3.24. The number of amides is 1. The predicted octanol–water partition coefficient (Wildman–Crippen LogP) is 2.29. The van der Waals surface area contributed by atoms with Crippen LogP contribution in [0.2, 0.25) is 0 Å². The van der Waals surface area contributed by atoms with Crippen LogP contribution in [0.25, 0.3) is 0 Å². The van der Waals surface area contributed by atoms with Crippen LogP contribution in [0.15, 0.2) is 54.9 Å². The average molecular weight is 298 g/mol. The van der Waals surface area contributed by atoms with Crippen molar-refractivity contribution in [2.75, 3.05) is 13.7 Å². The summed E-state index contributed by atoms with van der Waals surface area (Å²) in [4.78, 5) is 29.6. The van der Waals surface area contributed by atoms with Crippen molar-refractivity contribution in [3.05, 3.63) is 66.0 Å². The Morgan fingerprint density at radius 2 is 1.77 bits per heavy atom. The first kappa shape index (κ1) is 15.7. The average Bonchev–Trinajstić information content (AvgIpc) is 2.59. The van der Waals surface area contributed by atoms with Gasteiger partial charge in [-0.2, -0.15) is 0 Å². The summed E-state index contributed by atoms with van der Waals surface area (Å²) >= 11 is 0. The Hall–Kier alpha value is -2.69. The van der Waals surface area contributed by atoms with Crippen LogP contribution in [0, 0.1) is 0 Å². The van der Waals surface area contributed by atoms with E-state index >= 15 is 0 Å². The molecule has 2 aromatic rings. The molecule has 1 heterocycles. The van der Waals surface area contributed by atoms with Crippen molar-refractivity contribution in [3.63, 3.8) is 0 Å². The molecule has 5 nitrogen and oxygen atoms in total. The number of hydrogen-bond donors (Lipinski definition) is 0. The van der Waals surface area contributed by atoms with E-state index in [0.29, 0.717) is 18.7 Å². The standard InChI is InChI=1S/C17H18N2O3/c1-22-16(20)9-12-19(13-14-7-10-18-11-8-14)17(21)15-5-3-2-4-6-15/h2-8,10-11H,9,12-13H2,1H3. The minimum atomic E-state index is -0.333. The number of carbonyl (C=O) groups excluding carboxylic acids is 2. The number of carbonyl (C=O) groups is 2. The number of pyridine rings is 1. The maximum absolute atomic E-state index is 12.6. The summed E-state index contributed by atoms with van der Waals surface area (Å²) in [5.41, 5.74) is 1.56. The van der Waals surface area contributed by atoms with Gasteiger partial charge in [0.25, 0.3) is 5.91 Å². The van der Waals surface area contributed by atoms with Crippen molar-refractivity contribution in [2.45, 2.75) is 13.0 Å². The maximum atomic E-state index is 12.6.